The van der Waals surface area contributed by atoms with Gasteiger partial charge in [-0.2, -0.15) is 0 Å². The van der Waals surface area contributed by atoms with Gasteiger partial charge in [-0.15, -0.1) is 0 Å². The lowest BCUT2D eigenvalue weighted by molar-refractivity contribution is -0.124. The standard InChI is InChI=1S/C15H18N2O3/c18-9-11-3-1-2-4-13(11)17-7-8-20-10-14(17)15(19)16-12-5-6-12/h1-4,9,12,14H,5-8,10H2,(H,16,19). The third-order valence-electron chi connectivity index (χ3n) is 3.73. The van der Waals surface area contributed by atoms with Crippen molar-refractivity contribution in [2.75, 3.05) is 24.7 Å². The largest absolute Gasteiger partial charge is 0.377 e. The number of para-hydroxylation sites is 1. The Balaban J connectivity index is 1.83. The van der Waals surface area contributed by atoms with Crippen molar-refractivity contribution in [1.82, 2.24) is 5.32 Å². The Morgan fingerprint density at radius 3 is 2.90 bits per heavy atom. The molecule has 0 spiro atoms. The predicted molar refractivity (Wildman–Crippen MR) is 74.9 cm³/mol. The maximum Gasteiger partial charge on any atom is 0.245 e. The van der Waals surface area contributed by atoms with E-state index < -0.39 is 0 Å². The average molecular weight is 274 g/mol. The lowest BCUT2D eigenvalue weighted by Crippen LogP contribution is -2.54. The summed E-state index contributed by atoms with van der Waals surface area (Å²) in [6.45, 7) is 1.56. The summed E-state index contributed by atoms with van der Waals surface area (Å²) in [6, 6.07) is 7.33. The van der Waals surface area contributed by atoms with Gasteiger partial charge in [0.1, 0.15) is 6.04 Å². The van der Waals surface area contributed by atoms with Crippen LogP contribution in [0.25, 0.3) is 0 Å². The van der Waals surface area contributed by atoms with Crippen molar-refractivity contribution in [3.8, 4) is 0 Å². The maximum atomic E-state index is 12.3. The summed E-state index contributed by atoms with van der Waals surface area (Å²) in [4.78, 5) is 25.5. The third kappa shape index (κ3) is 2.67. The van der Waals surface area contributed by atoms with Crippen molar-refractivity contribution < 1.29 is 14.3 Å². The van der Waals surface area contributed by atoms with Crippen LogP contribution in [0.5, 0.6) is 0 Å². The van der Waals surface area contributed by atoms with Crippen molar-refractivity contribution in [1.29, 1.82) is 0 Å². The highest BCUT2D eigenvalue weighted by Crippen LogP contribution is 2.25. The Kier molecular flexibility index (Phi) is 3.69. The fourth-order valence-corrected chi connectivity index (χ4v) is 2.48. The molecule has 1 unspecified atom stereocenters. The summed E-state index contributed by atoms with van der Waals surface area (Å²) in [5, 5.41) is 3.01. The van der Waals surface area contributed by atoms with E-state index in [9.17, 15) is 9.59 Å². The number of hydrogen-bond donors (Lipinski definition) is 1. The highest BCUT2D eigenvalue weighted by atomic mass is 16.5. The summed E-state index contributed by atoms with van der Waals surface area (Å²) in [7, 11) is 0. The van der Waals surface area contributed by atoms with Crippen LogP contribution in [0.3, 0.4) is 0 Å². The molecule has 20 heavy (non-hydrogen) atoms. The van der Waals surface area contributed by atoms with E-state index in [0.717, 1.165) is 24.8 Å². The zero-order chi connectivity index (χ0) is 13.9. The molecule has 1 N–H and O–H groups in total. The van der Waals surface area contributed by atoms with E-state index in [1.807, 2.05) is 23.1 Å². The Morgan fingerprint density at radius 2 is 2.15 bits per heavy atom. The van der Waals surface area contributed by atoms with E-state index in [1.165, 1.54) is 0 Å². The fraction of sp³-hybridized carbons (Fsp3) is 0.467. The molecule has 1 aliphatic heterocycles. The number of morpholine rings is 1. The zero-order valence-corrected chi connectivity index (χ0v) is 11.2. The maximum absolute atomic E-state index is 12.3. The second-order valence-electron chi connectivity index (χ2n) is 5.24. The molecule has 0 aromatic heterocycles. The number of nitrogens with one attached hydrogen (secondary N) is 1. The Bertz CT molecular complexity index is 514. The first-order chi connectivity index (χ1) is 9.79. The van der Waals surface area contributed by atoms with Crippen LogP contribution in [-0.4, -0.2) is 44.0 Å². The van der Waals surface area contributed by atoms with E-state index in [1.54, 1.807) is 6.07 Å². The molecule has 5 nitrogen and oxygen atoms in total. The minimum absolute atomic E-state index is 0.00657. The topological polar surface area (TPSA) is 58.6 Å². The van der Waals surface area contributed by atoms with Crippen molar-refractivity contribution in [2.45, 2.75) is 24.9 Å². The number of rotatable bonds is 4. The normalized spacial score (nSPS) is 22.4. The first kappa shape index (κ1) is 13.1. The molecule has 1 aliphatic carbocycles. The molecule has 1 aromatic carbocycles. The monoisotopic (exact) mass is 274 g/mol. The highest BCUT2D eigenvalue weighted by molar-refractivity contribution is 5.90. The van der Waals surface area contributed by atoms with Crippen molar-refractivity contribution in [3.63, 3.8) is 0 Å². The average Bonchev–Trinajstić information content (AvgIpc) is 3.31. The molecule has 2 fully saturated rings. The molecule has 1 atom stereocenters. The Labute approximate surface area is 117 Å². The fourth-order valence-electron chi connectivity index (χ4n) is 2.48. The number of hydrogen-bond acceptors (Lipinski definition) is 4. The number of aldehydes is 1. The molecule has 0 radical (unpaired) electrons. The lowest BCUT2D eigenvalue weighted by atomic mass is 10.1. The van der Waals surface area contributed by atoms with Gasteiger partial charge in [-0.05, 0) is 25.0 Å². The molecular weight excluding hydrogens is 256 g/mol. The molecule has 1 aromatic rings. The van der Waals surface area contributed by atoms with Crippen LogP contribution in [0, 0.1) is 0 Å². The van der Waals surface area contributed by atoms with Crippen LogP contribution >= 0.6 is 0 Å². The summed E-state index contributed by atoms with van der Waals surface area (Å²) < 4.78 is 5.44. The van der Waals surface area contributed by atoms with Gasteiger partial charge < -0.3 is 15.0 Å². The van der Waals surface area contributed by atoms with Gasteiger partial charge in [0.25, 0.3) is 0 Å². The zero-order valence-electron chi connectivity index (χ0n) is 11.2. The first-order valence-corrected chi connectivity index (χ1v) is 6.98. The van der Waals surface area contributed by atoms with Crippen molar-refractivity contribution >= 4 is 17.9 Å². The van der Waals surface area contributed by atoms with Gasteiger partial charge in [0.15, 0.2) is 6.29 Å². The third-order valence-corrected chi connectivity index (χ3v) is 3.73. The molecular formula is C15H18N2O3. The molecule has 5 heteroatoms. The smallest absolute Gasteiger partial charge is 0.245 e. The Hall–Kier alpha value is -1.88. The molecule has 1 saturated carbocycles. The number of carbonyl (C=O) groups is 2. The van der Waals surface area contributed by atoms with Gasteiger partial charge in [0.05, 0.1) is 13.2 Å². The van der Waals surface area contributed by atoms with E-state index in [2.05, 4.69) is 5.32 Å². The van der Waals surface area contributed by atoms with Gasteiger partial charge in [0.2, 0.25) is 5.91 Å². The number of anilines is 1. The van der Waals surface area contributed by atoms with E-state index in [-0.39, 0.29) is 11.9 Å². The van der Waals surface area contributed by atoms with E-state index in [0.29, 0.717) is 31.4 Å². The van der Waals surface area contributed by atoms with Crippen LogP contribution in [0.15, 0.2) is 24.3 Å². The van der Waals surface area contributed by atoms with Crippen LogP contribution in [0.1, 0.15) is 23.2 Å². The van der Waals surface area contributed by atoms with Crippen molar-refractivity contribution in [3.05, 3.63) is 29.8 Å². The number of benzene rings is 1. The molecule has 0 bridgehead atoms. The van der Waals surface area contributed by atoms with Gasteiger partial charge in [-0.1, -0.05) is 12.1 Å². The number of carbonyl (C=O) groups excluding carboxylic acids is 2. The second-order valence-corrected chi connectivity index (χ2v) is 5.24. The minimum Gasteiger partial charge on any atom is -0.377 e. The molecule has 2 aliphatic rings. The lowest BCUT2D eigenvalue weighted by Gasteiger charge is -2.37. The van der Waals surface area contributed by atoms with Crippen LogP contribution in [0.2, 0.25) is 0 Å². The molecule has 1 heterocycles. The molecule has 106 valence electrons. The number of amides is 1. The molecule has 1 saturated heterocycles. The first-order valence-electron chi connectivity index (χ1n) is 6.98. The van der Waals surface area contributed by atoms with Gasteiger partial charge in [0, 0.05) is 23.8 Å². The second kappa shape index (κ2) is 5.63. The van der Waals surface area contributed by atoms with Gasteiger partial charge in [-0.25, -0.2) is 0 Å². The quantitative estimate of drug-likeness (QED) is 0.832. The molecule has 3 rings (SSSR count). The van der Waals surface area contributed by atoms with E-state index in [4.69, 9.17) is 4.74 Å². The highest BCUT2D eigenvalue weighted by Gasteiger charge is 2.33. The Morgan fingerprint density at radius 1 is 1.35 bits per heavy atom. The van der Waals surface area contributed by atoms with Crippen LogP contribution < -0.4 is 10.2 Å². The van der Waals surface area contributed by atoms with Gasteiger partial charge in [-0.3, -0.25) is 9.59 Å². The summed E-state index contributed by atoms with van der Waals surface area (Å²) in [5.74, 6) is -0.00657. The number of ether oxygens (including phenoxy) is 1. The summed E-state index contributed by atoms with van der Waals surface area (Å²) in [6.07, 6.45) is 2.95. The van der Waals surface area contributed by atoms with Crippen LogP contribution in [-0.2, 0) is 9.53 Å². The summed E-state index contributed by atoms with van der Waals surface area (Å²) >= 11 is 0. The van der Waals surface area contributed by atoms with E-state index >= 15 is 0 Å². The predicted octanol–water partition coefficient (Wildman–Crippen LogP) is 0.983. The van der Waals surface area contributed by atoms with Crippen molar-refractivity contribution in [2.24, 2.45) is 0 Å². The summed E-state index contributed by atoms with van der Waals surface area (Å²) in [5.41, 5.74) is 1.42. The van der Waals surface area contributed by atoms with Gasteiger partial charge >= 0.3 is 0 Å². The van der Waals surface area contributed by atoms with Crippen LogP contribution in [0.4, 0.5) is 5.69 Å². The number of nitrogens with zero attached hydrogens (tertiary/aromatic N) is 1. The SMILES string of the molecule is O=Cc1ccccc1N1CCOCC1C(=O)NC1CC1. The molecule has 1 amide bonds. The minimum atomic E-state index is -0.356.